The van der Waals surface area contributed by atoms with Gasteiger partial charge in [0.1, 0.15) is 11.9 Å². The molecule has 0 spiro atoms. The van der Waals surface area contributed by atoms with Gasteiger partial charge in [-0.2, -0.15) is 0 Å². The standard InChI is InChI=1S/C21H24FNO3/c22-16-6-4-15(5-7-16)20-9-8-19(14-2-1-3-14)23(20)11-10-18-12-17(24)13-21(25)26-18/h4-9,14,17-18,24H,1-3,10-13H2/t17-,18-/m1/s1. The molecule has 5 heteroatoms. The smallest absolute Gasteiger partial charge is 0.308 e. The van der Waals surface area contributed by atoms with Crippen molar-refractivity contribution in [2.24, 2.45) is 0 Å². The summed E-state index contributed by atoms with van der Waals surface area (Å²) in [6.45, 7) is 0.718. The van der Waals surface area contributed by atoms with E-state index in [1.165, 1.54) is 37.1 Å². The first-order valence-electron chi connectivity index (χ1n) is 9.43. The Kier molecular flexibility index (Phi) is 4.81. The molecule has 0 unspecified atom stereocenters. The molecule has 2 aromatic rings. The second kappa shape index (κ2) is 7.23. The molecule has 1 saturated carbocycles. The van der Waals surface area contributed by atoms with Crippen molar-refractivity contribution in [2.75, 3.05) is 0 Å². The van der Waals surface area contributed by atoms with Crippen molar-refractivity contribution < 1.29 is 19.0 Å². The molecule has 0 radical (unpaired) electrons. The highest BCUT2D eigenvalue weighted by Gasteiger charge is 2.28. The van der Waals surface area contributed by atoms with Gasteiger partial charge < -0.3 is 14.4 Å². The highest BCUT2D eigenvalue weighted by molar-refractivity contribution is 5.71. The average Bonchev–Trinajstić information content (AvgIpc) is 2.94. The largest absolute Gasteiger partial charge is 0.462 e. The van der Waals surface area contributed by atoms with Crippen molar-refractivity contribution in [1.82, 2.24) is 4.57 Å². The van der Waals surface area contributed by atoms with Gasteiger partial charge in [-0.25, -0.2) is 4.39 Å². The fraction of sp³-hybridized carbons (Fsp3) is 0.476. The molecule has 4 nitrogen and oxygen atoms in total. The van der Waals surface area contributed by atoms with E-state index < -0.39 is 6.10 Å². The van der Waals surface area contributed by atoms with Gasteiger partial charge in [-0.05, 0) is 60.7 Å². The van der Waals surface area contributed by atoms with Crippen molar-refractivity contribution in [1.29, 1.82) is 0 Å². The number of carbonyl (C=O) groups is 1. The lowest BCUT2D eigenvalue weighted by Gasteiger charge is -2.30. The van der Waals surface area contributed by atoms with Crippen molar-refractivity contribution in [3.05, 3.63) is 47.9 Å². The fourth-order valence-electron chi connectivity index (χ4n) is 3.98. The van der Waals surface area contributed by atoms with Gasteiger partial charge in [0.2, 0.25) is 0 Å². The summed E-state index contributed by atoms with van der Waals surface area (Å²) < 4.78 is 21.0. The van der Waals surface area contributed by atoms with Crippen LogP contribution in [0.1, 0.15) is 50.1 Å². The Bertz CT molecular complexity index is 779. The molecule has 1 aromatic heterocycles. The van der Waals surface area contributed by atoms with E-state index in [4.69, 9.17) is 4.74 Å². The van der Waals surface area contributed by atoms with Crippen molar-refractivity contribution >= 4 is 5.97 Å². The second-order valence-corrected chi connectivity index (χ2v) is 7.42. The Hall–Kier alpha value is -2.14. The van der Waals surface area contributed by atoms with Crippen LogP contribution in [0.15, 0.2) is 36.4 Å². The van der Waals surface area contributed by atoms with E-state index in [-0.39, 0.29) is 24.3 Å². The summed E-state index contributed by atoms with van der Waals surface area (Å²) in [6, 6.07) is 10.8. The molecule has 26 heavy (non-hydrogen) atoms. The van der Waals surface area contributed by atoms with Crippen LogP contribution in [0.4, 0.5) is 4.39 Å². The molecule has 2 heterocycles. The Morgan fingerprint density at radius 3 is 2.58 bits per heavy atom. The molecule has 1 N–H and O–H groups in total. The topological polar surface area (TPSA) is 51.5 Å². The van der Waals surface area contributed by atoms with Gasteiger partial charge in [-0.3, -0.25) is 4.79 Å². The van der Waals surface area contributed by atoms with Gasteiger partial charge in [0, 0.05) is 30.8 Å². The summed E-state index contributed by atoms with van der Waals surface area (Å²) in [5, 5.41) is 9.81. The van der Waals surface area contributed by atoms with Gasteiger partial charge in [-0.15, -0.1) is 0 Å². The maximum Gasteiger partial charge on any atom is 0.308 e. The summed E-state index contributed by atoms with van der Waals surface area (Å²) in [5.74, 6) is 0.0112. The third-order valence-corrected chi connectivity index (χ3v) is 5.59. The van der Waals surface area contributed by atoms with Gasteiger partial charge >= 0.3 is 5.97 Å². The number of hydrogen-bond acceptors (Lipinski definition) is 3. The first kappa shape index (κ1) is 17.3. The van der Waals surface area contributed by atoms with E-state index in [1.807, 2.05) is 0 Å². The number of benzene rings is 1. The van der Waals surface area contributed by atoms with Gasteiger partial charge in [0.15, 0.2) is 0 Å². The highest BCUT2D eigenvalue weighted by Crippen LogP contribution is 2.39. The first-order chi connectivity index (χ1) is 12.6. The normalized spacial score (nSPS) is 23.5. The number of ether oxygens (including phenoxy) is 1. The van der Waals surface area contributed by atoms with Crippen LogP contribution in [0.2, 0.25) is 0 Å². The van der Waals surface area contributed by atoms with Crippen molar-refractivity contribution in [3.8, 4) is 11.3 Å². The fourth-order valence-corrected chi connectivity index (χ4v) is 3.98. The number of halogens is 1. The lowest BCUT2D eigenvalue weighted by atomic mass is 9.83. The molecule has 0 bridgehead atoms. The van der Waals surface area contributed by atoms with Crippen molar-refractivity contribution in [2.45, 2.75) is 63.2 Å². The zero-order valence-corrected chi connectivity index (χ0v) is 14.7. The number of rotatable bonds is 5. The summed E-state index contributed by atoms with van der Waals surface area (Å²) in [6.07, 6.45) is 4.07. The number of aromatic nitrogens is 1. The number of esters is 1. The Labute approximate surface area is 152 Å². The van der Waals surface area contributed by atoms with E-state index >= 15 is 0 Å². The molecule has 1 saturated heterocycles. The predicted octanol–water partition coefficient (Wildman–Crippen LogP) is 4.02. The summed E-state index contributed by atoms with van der Waals surface area (Å²) in [4.78, 5) is 11.6. The Morgan fingerprint density at radius 1 is 1.15 bits per heavy atom. The summed E-state index contributed by atoms with van der Waals surface area (Å²) in [5.41, 5.74) is 3.35. The molecule has 138 valence electrons. The SMILES string of the molecule is O=C1C[C@H](O)C[C@@H](CCn2c(-c3ccc(F)cc3)ccc2C2CCC2)O1. The van der Waals surface area contributed by atoms with Gasteiger partial charge in [0.25, 0.3) is 0 Å². The molecule has 2 atom stereocenters. The van der Waals surface area contributed by atoms with E-state index in [1.54, 1.807) is 12.1 Å². The van der Waals surface area contributed by atoms with E-state index in [9.17, 15) is 14.3 Å². The second-order valence-electron chi connectivity index (χ2n) is 7.42. The monoisotopic (exact) mass is 357 g/mol. The molecule has 2 aliphatic rings. The molecular formula is C21H24FNO3. The molecule has 1 aromatic carbocycles. The summed E-state index contributed by atoms with van der Waals surface area (Å²) >= 11 is 0. The van der Waals surface area contributed by atoms with Gasteiger partial charge in [0.05, 0.1) is 12.5 Å². The maximum absolute atomic E-state index is 13.3. The first-order valence-corrected chi connectivity index (χ1v) is 9.43. The third-order valence-electron chi connectivity index (χ3n) is 5.59. The minimum Gasteiger partial charge on any atom is -0.462 e. The van der Waals surface area contributed by atoms with E-state index in [0.29, 0.717) is 18.8 Å². The number of aliphatic hydroxyl groups excluding tert-OH is 1. The van der Waals surface area contributed by atoms with Crippen LogP contribution in [0, 0.1) is 5.82 Å². The van der Waals surface area contributed by atoms with Crippen LogP contribution >= 0.6 is 0 Å². The molecule has 4 rings (SSSR count). The average molecular weight is 357 g/mol. The van der Waals surface area contributed by atoms with Crippen LogP contribution in [0.5, 0.6) is 0 Å². The zero-order valence-electron chi connectivity index (χ0n) is 14.7. The number of nitrogens with zero attached hydrogens (tertiary/aromatic N) is 1. The number of cyclic esters (lactones) is 1. The van der Waals surface area contributed by atoms with Crippen LogP contribution in [-0.4, -0.2) is 27.9 Å². The van der Waals surface area contributed by atoms with Crippen LogP contribution in [-0.2, 0) is 16.1 Å². The van der Waals surface area contributed by atoms with Crippen LogP contribution in [0.25, 0.3) is 11.3 Å². The lowest BCUT2D eigenvalue weighted by molar-refractivity contribution is -0.160. The number of carbonyl (C=O) groups excluding carboxylic acids is 1. The van der Waals surface area contributed by atoms with E-state index in [2.05, 4.69) is 16.7 Å². The highest BCUT2D eigenvalue weighted by atomic mass is 19.1. The summed E-state index contributed by atoms with van der Waals surface area (Å²) in [7, 11) is 0. The quantitative estimate of drug-likeness (QED) is 0.823. The molecule has 1 aliphatic carbocycles. The minimum absolute atomic E-state index is 0.0914. The van der Waals surface area contributed by atoms with Gasteiger partial charge in [-0.1, -0.05) is 6.42 Å². The van der Waals surface area contributed by atoms with E-state index in [0.717, 1.165) is 17.8 Å². The number of hydrogen-bond donors (Lipinski definition) is 1. The minimum atomic E-state index is -0.603. The Balaban J connectivity index is 1.57. The molecule has 0 amide bonds. The molecule has 2 fully saturated rings. The molecular weight excluding hydrogens is 333 g/mol. The van der Waals surface area contributed by atoms with Crippen molar-refractivity contribution in [3.63, 3.8) is 0 Å². The zero-order chi connectivity index (χ0) is 18.1. The van der Waals surface area contributed by atoms with Crippen LogP contribution < -0.4 is 0 Å². The Morgan fingerprint density at radius 2 is 1.92 bits per heavy atom. The van der Waals surface area contributed by atoms with Crippen LogP contribution in [0.3, 0.4) is 0 Å². The predicted molar refractivity (Wildman–Crippen MR) is 96.2 cm³/mol. The maximum atomic E-state index is 13.3. The molecule has 1 aliphatic heterocycles. The third kappa shape index (κ3) is 3.54. The lowest BCUT2D eigenvalue weighted by Crippen LogP contribution is -2.33. The number of aliphatic hydroxyl groups is 1.